The molecule has 1 amide bonds. The van der Waals surface area contributed by atoms with Gasteiger partial charge in [0.25, 0.3) is 10.2 Å². The normalized spacial score (nSPS) is 20.4. The smallest absolute Gasteiger partial charge is 0.281 e. The molecule has 0 bridgehead atoms. The Morgan fingerprint density at radius 3 is 2.52 bits per heavy atom. The van der Waals surface area contributed by atoms with Crippen molar-refractivity contribution in [2.45, 2.75) is 39.2 Å². The van der Waals surface area contributed by atoms with Crippen LogP contribution in [0.4, 0.5) is 0 Å². The van der Waals surface area contributed by atoms with Crippen LogP contribution in [-0.4, -0.2) is 50.1 Å². The number of benzene rings is 1. The van der Waals surface area contributed by atoms with Gasteiger partial charge < -0.3 is 5.32 Å². The second kappa shape index (κ2) is 8.29. The Bertz CT molecular complexity index is 686. The van der Waals surface area contributed by atoms with E-state index in [1.807, 2.05) is 19.1 Å². The van der Waals surface area contributed by atoms with E-state index in [0.29, 0.717) is 19.4 Å². The molecule has 1 aliphatic heterocycles. The van der Waals surface area contributed by atoms with Crippen LogP contribution in [0.5, 0.6) is 0 Å². The molecule has 2 rings (SSSR count). The van der Waals surface area contributed by atoms with Crippen LogP contribution in [0, 0.1) is 5.92 Å². The van der Waals surface area contributed by atoms with Crippen LogP contribution in [0.25, 0.3) is 0 Å². The van der Waals surface area contributed by atoms with Crippen molar-refractivity contribution in [2.75, 3.05) is 27.2 Å². The van der Waals surface area contributed by atoms with Gasteiger partial charge in [-0.15, -0.1) is 0 Å². The van der Waals surface area contributed by atoms with Gasteiger partial charge >= 0.3 is 0 Å². The Balaban J connectivity index is 1.99. The summed E-state index contributed by atoms with van der Waals surface area (Å²) >= 11 is 0. The first-order valence-corrected chi connectivity index (χ1v) is 10.2. The monoisotopic (exact) mass is 367 g/mol. The minimum Gasteiger partial charge on any atom is -0.349 e. The van der Waals surface area contributed by atoms with Crippen LogP contribution in [0.3, 0.4) is 0 Å². The fourth-order valence-corrected chi connectivity index (χ4v) is 4.24. The number of carbonyl (C=O) groups is 1. The number of nitrogens with zero attached hydrogens (tertiary/aromatic N) is 2. The predicted octanol–water partition coefficient (Wildman–Crippen LogP) is 1.94. The quantitative estimate of drug-likeness (QED) is 0.835. The number of rotatable bonds is 6. The summed E-state index contributed by atoms with van der Waals surface area (Å²) in [5.74, 6) is -0.383. The molecule has 1 N–H and O–H groups in total. The molecule has 2 atom stereocenters. The van der Waals surface area contributed by atoms with Crippen molar-refractivity contribution in [3.05, 3.63) is 35.4 Å². The molecule has 1 aromatic rings. The summed E-state index contributed by atoms with van der Waals surface area (Å²) in [4.78, 5) is 12.6. The zero-order chi connectivity index (χ0) is 18.6. The molecule has 1 aromatic carbocycles. The lowest BCUT2D eigenvalue weighted by Gasteiger charge is -2.33. The van der Waals surface area contributed by atoms with Crippen molar-refractivity contribution >= 4 is 16.1 Å². The maximum absolute atomic E-state index is 12.6. The molecule has 1 aliphatic rings. The highest BCUT2D eigenvalue weighted by Gasteiger charge is 2.33. The number of amides is 1. The molecule has 0 unspecified atom stereocenters. The number of carbonyl (C=O) groups excluding carboxylic acids is 1. The molecule has 140 valence electrons. The summed E-state index contributed by atoms with van der Waals surface area (Å²) in [6.45, 7) is 4.78. The predicted molar refractivity (Wildman–Crippen MR) is 99.3 cm³/mol. The Morgan fingerprint density at radius 1 is 1.32 bits per heavy atom. The number of hydrogen-bond donors (Lipinski definition) is 1. The maximum Gasteiger partial charge on any atom is 0.281 e. The summed E-state index contributed by atoms with van der Waals surface area (Å²) < 4.78 is 27.2. The highest BCUT2D eigenvalue weighted by molar-refractivity contribution is 7.86. The number of nitrogens with one attached hydrogen (secondary N) is 1. The molecule has 0 aliphatic carbocycles. The molecule has 7 heteroatoms. The summed E-state index contributed by atoms with van der Waals surface area (Å²) in [5, 5.41) is 3.03. The van der Waals surface area contributed by atoms with Gasteiger partial charge in [-0.3, -0.25) is 4.79 Å². The lowest BCUT2D eigenvalue weighted by molar-refractivity contribution is -0.126. The Kier molecular flexibility index (Phi) is 6.59. The molecule has 0 aromatic heterocycles. The molecule has 1 heterocycles. The van der Waals surface area contributed by atoms with E-state index >= 15 is 0 Å². The van der Waals surface area contributed by atoms with Crippen molar-refractivity contribution in [1.29, 1.82) is 0 Å². The Morgan fingerprint density at radius 2 is 1.96 bits per heavy atom. The van der Waals surface area contributed by atoms with Gasteiger partial charge in [0, 0.05) is 27.2 Å². The highest BCUT2D eigenvalue weighted by Crippen LogP contribution is 2.22. The van der Waals surface area contributed by atoms with Crippen LogP contribution in [-0.2, 0) is 21.4 Å². The molecule has 1 saturated heterocycles. The van der Waals surface area contributed by atoms with Crippen LogP contribution >= 0.6 is 0 Å². The van der Waals surface area contributed by atoms with Crippen LogP contribution in [0.2, 0.25) is 0 Å². The average molecular weight is 368 g/mol. The highest BCUT2D eigenvalue weighted by atomic mass is 32.2. The molecule has 0 saturated carbocycles. The van der Waals surface area contributed by atoms with E-state index < -0.39 is 10.2 Å². The van der Waals surface area contributed by atoms with Crippen molar-refractivity contribution in [3.63, 3.8) is 0 Å². The molecular weight excluding hydrogens is 338 g/mol. The van der Waals surface area contributed by atoms with Crippen LogP contribution in [0.1, 0.15) is 43.9 Å². The number of hydrogen-bond acceptors (Lipinski definition) is 3. The van der Waals surface area contributed by atoms with Gasteiger partial charge in [-0.25, -0.2) is 0 Å². The minimum atomic E-state index is -3.47. The fraction of sp³-hybridized carbons (Fsp3) is 0.611. The van der Waals surface area contributed by atoms with E-state index in [9.17, 15) is 13.2 Å². The van der Waals surface area contributed by atoms with Crippen LogP contribution < -0.4 is 5.32 Å². The maximum atomic E-state index is 12.6. The largest absolute Gasteiger partial charge is 0.349 e. The second-order valence-corrected chi connectivity index (χ2v) is 8.96. The third kappa shape index (κ3) is 4.80. The van der Waals surface area contributed by atoms with E-state index in [0.717, 1.165) is 12.0 Å². The van der Waals surface area contributed by atoms with Gasteiger partial charge in [-0.1, -0.05) is 31.2 Å². The zero-order valence-corrected chi connectivity index (χ0v) is 16.3. The first-order valence-electron chi connectivity index (χ1n) is 8.82. The van der Waals surface area contributed by atoms with Gasteiger partial charge in [0.1, 0.15) is 0 Å². The summed E-state index contributed by atoms with van der Waals surface area (Å²) in [7, 11) is -0.438. The Labute approximate surface area is 151 Å². The molecular formula is C18H29N3O3S. The standard InChI is InChI=1S/C18H29N3O3S/c1-5-15-8-10-16(11-9-15)14(2)19-18(22)17-7-6-12-21(13-17)25(23,24)20(3)4/h8-11,14,17H,5-7,12-13H2,1-4H3,(H,19,22)/t14-,17+/m0/s1. The lowest BCUT2D eigenvalue weighted by Crippen LogP contribution is -2.49. The third-order valence-electron chi connectivity index (χ3n) is 4.79. The number of piperidine rings is 1. The van der Waals surface area contributed by atoms with E-state index in [4.69, 9.17) is 0 Å². The van der Waals surface area contributed by atoms with Gasteiger partial charge in [0.2, 0.25) is 5.91 Å². The molecule has 1 fully saturated rings. The van der Waals surface area contributed by atoms with Crippen molar-refractivity contribution in [1.82, 2.24) is 13.9 Å². The minimum absolute atomic E-state index is 0.0780. The topological polar surface area (TPSA) is 69.7 Å². The van der Waals surface area contributed by atoms with Gasteiger partial charge in [0.05, 0.1) is 12.0 Å². The first kappa shape index (κ1) is 19.9. The van der Waals surface area contributed by atoms with Crippen molar-refractivity contribution in [3.8, 4) is 0 Å². The fourth-order valence-electron chi connectivity index (χ4n) is 3.05. The lowest BCUT2D eigenvalue weighted by atomic mass is 9.97. The van der Waals surface area contributed by atoms with E-state index in [1.54, 1.807) is 0 Å². The first-order chi connectivity index (χ1) is 11.8. The van der Waals surface area contributed by atoms with Gasteiger partial charge in [-0.05, 0) is 37.3 Å². The SMILES string of the molecule is CCc1ccc([C@H](C)NC(=O)[C@@H]2CCCN(S(=O)(=O)N(C)C)C2)cc1. The molecule has 0 spiro atoms. The van der Waals surface area contributed by atoms with Crippen LogP contribution in [0.15, 0.2) is 24.3 Å². The zero-order valence-electron chi connectivity index (χ0n) is 15.5. The van der Waals surface area contributed by atoms with Crippen molar-refractivity contribution in [2.24, 2.45) is 5.92 Å². The Hall–Kier alpha value is -1.44. The summed E-state index contributed by atoms with van der Waals surface area (Å²) in [6, 6.07) is 8.12. The van der Waals surface area contributed by atoms with Gasteiger partial charge in [0.15, 0.2) is 0 Å². The van der Waals surface area contributed by atoms with E-state index in [2.05, 4.69) is 24.4 Å². The number of aryl methyl sites for hydroxylation is 1. The average Bonchev–Trinajstić information content (AvgIpc) is 2.61. The van der Waals surface area contributed by atoms with E-state index in [-0.39, 0.29) is 24.4 Å². The van der Waals surface area contributed by atoms with E-state index in [1.165, 1.54) is 28.3 Å². The summed E-state index contributed by atoms with van der Waals surface area (Å²) in [5.41, 5.74) is 2.32. The van der Waals surface area contributed by atoms with Crippen molar-refractivity contribution < 1.29 is 13.2 Å². The summed E-state index contributed by atoms with van der Waals surface area (Å²) in [6.07, 6.45) is 2.40. The molecule has 0 radical (unpaired) electrons. The van der Waals surface area contributed by atoms with Gasteiger partial charge in [-0.2, -0.15) is 17.0 Å². The molecule has 6 nitrogen and oxygen atoms in total. The molecule has 25 heavy (non-hydrogen) atoms. The second-order valence-electron chi connectivity index (χ2n) is 6.81. The third-order valence-corrected chi connectivity index (χ3v) is 6.70.